The lowest BCUT2D eigenvalue weighted by molar-refractivity contribution is -0.293. The Morgan fingerprint density at radius 2 is 1.79 bits per heavy atom. The molecule has 4 rings (SSSR count). The topological polar surface area (TPSA) is 119 Å². The van der Waals surface area contributed by atoms with Crippen LogP contribution < -0.4 is 33.3 Å². The van der Waals surface area contributed by atoms with Crippen LogP contribution in [0.15, 0.2) is 9.59 Å². The summed E-state index contributed by atoms with van der Waals surface area (Å²) in [7, 11) is 1.19. The van der Waals surface area contributed by atoms with Gasteiger partial charge in [0.15, 0.2) is 6.17 Å². The molecule has 0 radical (unpaired) electrons. The maximum Gasteiger partial charge on any atom is 0.454 e. The predicted molar refractivity (Wildman–Crippen MR) is 104 cm³/mol. The van der Waals surface area contributed by atoms with Gasteiger partial charge in [0.05, 0.1) is 29.4 Å². The molecule has 2 heterocycles. The first-order chi connectivity index (χ1) is 15.3. The van der Waals surface area contributed by atoms with Crippen LogP contribution in [0, 0.1) is 5.92 Å². The van der Waals surface area contributed by atoms with E-state index in [4.69, 9.17) is 16.2 Å². The number of aromatic nitrogens is 2. The molecular formula is C19H23F6N5O3. The van der Waals surface area contributed by atoms with Crippen molar-refractivity contribution in [3.8, 4) is 0 Å². The van der Waals surface area contributed by atoms with E-state index in [1.165, 1.54) is 16.6 Å². The fourth-order valence-corrected chi connectivity index (χ4v) is 4.74. The summed E-state index contributed by atoms with van der Waals surface area (Å²) in [6.45, 7) is -0.450. The molecule has 1 aromatic heterocycles. The molecule has 184 valence electrons. The summed E-state index contributed by atoms with van der Waals surface area (Å²) < 4.78 is 88.0. The number of methoxy groups -OCH3 is 1. The van der Waals surface area contributed by atoms with Crippen LogP contribution in [0.3, 0.4) is 0 Å². The van der Waals surface area contributed by atoms with Crippen molar-refractivity contribution in [3.63, 3.8) is 0 Å². The summed E-state index contributed by atoms with van der Waals surface area (Å²) in [5.41, 5.74) is 9.15. The molecule has 3 aliphatic rings. The van der Waals surface area contributed by atoms with Crippen LogP contribution >= 0.6 is 0 Å². The number of nitrogens with one attached hydrogen (secondary N) is 1. The number of hydrogen-bond donors (Lipinski definition) is 3. The van der Waals surface area contributed by atoms with Crippen LogP contribution in [0.2, 0.25) is 0 Å². The van der Waals surface area contributed by atoms with Crippen molar-refractivity contribution in [2.45, 2.75) is 55.7 Å². The number of hydrogen-bond acceptors (Lipinski definition) is 6. The van der Waals surface area contributed by atoms with Crippen molar-refractivity contribution in [1.29, 1.82) is 0 Å². The van der Waals surface area contributed by atoms with Gasteiger partial charge < -0.3 is 16.2 Å². The van der Waals surface area contributed by atoms with Gasteiger partial charge in [-0.05, 0) is 31.7 Å². The monoisotopic (exact) mass is 483 g/mol. The van der Waals surface area contributed by atoms with Crippen LogP contribution in [0.25, 0.3) is 11.5 Å². The van der Waals surface area contributed by atoms with Gasteiger partial charge in [-0.3, -0.25) is 19.2 Å². The molecule has 0 spiro atoms. The van der Waals surface area contributed by atoms with E-state index in [1.807, 2.05) is 0 Å². The third kappa shape index (κ3) is 3.63. The summed E-state index contributed by atoms with van der Waals surface area (Å²) in [6, 6.07) is -4.12. The van der Waals surface area contributed by atoms with E-state index in [1.54, 1.807) is 0 Å². The Hall–Kier alpha value is -2.48. The Morgan fingerprint density at radius 3 is 2.33 bits per heavy atom. The molecule has 4 unspecified atom stereocenters. The third-order valence-corrected chi connectivity index (χ3v) is 6.59. The van der Waals surface area contributed by atoms with Gasteiger partial charge in [-0.25, -0.2) is 9.18 Å². The molecule has 0 amide bonds. The second-order valence-electron chi connectivity index (χ2n) is 8.64. The molecule has 1 aromatic rings. The normalized spacial score (nSPS) is 27.6. The smallest absolute Gasteiger partial charge is 0.454 e. The molecule has 4 atom stereocenters. The second kappa shape index (κ2) is 7.79. The highest BCUT2D eigenvalue weighted by Gasteiger charge is 2.63. The molecule has 33 heavy (non-hydrogen) atoms. The van der Waals surface area contributed by atoms with Crippen molar-refractivity contribution >= 4 is 11.5 Å². The Bertz CT molecular complexity index is 1190. The number of likely N-dealkylation sites (tertiary alicyclic amines) is 1. The second-order valence-corrected chi connectivity index (χ2v) is 8.64. The van der Waals surface area contributed by atoms with E-state index in [0.29, 0.717) is 12.8 Å². The summed E-state index contributed by atoms with van der Waals surface area (Å²) in [5, 5.41) is -0.253. The summed E-state index contributed by atoms with van der Waals surface area (Å²) >= 11 is 0. The molecule has 1 saturated heterocycles. The SMILES string of the molecule is COC1=c2c(c(=O)[nH]c(=O)n2C2CC2)=C(N)C(F)C1N1CCC(C(N)C(F)(F)C(F)(F)F)C1. The van der Waals surface area contributed by atoms with E-state index in [-0.39, 0.29) is 41.9 Å². The Labute approximate surface area is 182 Å². The maximum absolute atomic E-state index is 15.5. The highest BCUT2D eigenvalue weighted by molar-refractivity contribution is 5.60. The van der Waals surface area contributed by atoms with Crippen LogP contribution in [-0.2, 0) is 4.74 Å². The molecule has 1 saturated carbocycles. The predicted octanol–water partition coefficient (Wildman–Crippen LogP) is -0.740. The minimum absolute atomic E-state index is 0.00137. The van der Waals surface area contributed by atoms with Crippen LogP contribution in [0.4, 0.5) is 26.3 Å². The van der Waals surface area contributed by atoms with E-state index >= 15 is 4.39 Å². The number of ether oxygens (including phenoxy) is 1. The van der Waals surface area contributed by atoms with Gasteiger partial charge in [-0.1, -0.05) is 0 Å². The fraction of sp³-hybridized carbons (Fsp3) is 0.684. The van der Waals surface area contributed by atoms with Gasteiger partial charge in [-0.15, -0.1) is 0 Å². The van der Waals surface area contributed by atoms with Gasteiger partial charge in [0.1, 0.15) is 11.8 Å². The zero-order valence-electron chi connectivity index (χ0n) is 17.5. The molecular weight excluding hydrogens is 460 g/mol. The summed E-state index contributed by atoms with van der Waals surface area (Å²) in [6.07, 6.45) is -6.74. The minimum atomic E-state index is -5.82. The number of rotatable bonds is 5. The highest BCUT2D eigenvalue weighted by Crippen LogP contribution is 2.42. The third-order valence-electron chi connectivity index (χ3n) is 6.59. The van der Waals surface area contributed by atoms with Crippen LogP contribution in [0.5, 0.6) is 0 Å². The lowest BCUT2D eigenvalue weighted by Crippen LogP contribution is -2.63. The molecule has 0 aromatic carbocycles. The first-order valence-corrected chi connectivity index (χ1v) is 10.3. The van der Waals surface area contributed by atoms with Gasteiger partial charge in [0, 0.05) is 12.6 Å². The lowest BCUT2D eigenvalue weighted by Gasteiger charge is -2.35. The average Bonchev–Trinajstić information content (AvgIpc) is 3.44. The minimum Gasteiger partial charge on any atom is -0.497 e. The zero-order valence-corrected chi connectivity index (χ0v) is 17.5. The number of alkyl halides is 6. The van der Waals surface area contributed by atoms with E-state index in [2.05, 4.69) is 4.98 Å². The number of nitrogens with zero attached hydrogens (tertiary/aromatic N) is 2. The van der Waals surface area contributed by atoms with E-state index in [9.17, 15) is 31.5 Å². The summed E-state index contributed by atoms with van der Waals surface area (Å²) in [5.74, 6) is -6.53. The van der Waals surface area contributed by atoms with Gasteiger partial charge in [0.2, 0.25) is 0 Å². The Balaban J connectivity index is 1.79. The summed E-state index contributed by atoms with van der Waals surface area (Å²) in [4.78, 5) is 28.4. The van der Waals surface area contributed by atoms with Crippen molar-refractivity contribution in [2.75, 3.05) is 20.2 Å². The molecule has 5 N–H and O–H groups in total. The lowest BCUT2D eigenvalue weighted by atomic mass is 9.93. The molecule has 2 fully saturated rings. The van der Waals surface area contributed by atoms with Gasteiger partial charge >= 0.3 is 17.8 Å². The Kier molecular flexibility index (Phi) is 5.59. The van der Waals surface area contributed by atoms with Crippen molar-refractivity contribution in [3.05, 3.63) is 31.4 Å². The molecule has 1 aliphatic heterocycles. The van der Waals surface area contributed by atoms with Crippen LogP contribution in [-0.4, -0.2) is 65.0 Å². The van der Waals surface area contributed by atoms with Crippen LogP contribution in [0.1, 0.15) is 25.3 Å². The van der Waals surface area contributed by atoms with Crippen molar-refractivity contribution < 1.29 is 31.1 Å². The van der Waals surface area contributed by atoms with E-state index in [0.717, 1.165) is 0 Å². The van der Waals surface area contributed by atoms with E-state index < -0.39 is 53.2 Å². The first-order valence-electron chi connectivity index (χ1n) is 10.3. The van der Waals surface area contributed by atoms with Crippen molar-refractivity contribution in [1.82, 2.24) is 14.5 Å². The number of H-pyrrole nitrogens is 1. The molecule has 0 bridgehead atoms. The highest BCUT2D eigenvalue weighted by atomic mass is 19.4. The standard InChI is InChI=1S/C19H23F6N5O3/c1-33-14-12-9(16(31)28-17(32)30(12)8-2-3-8)11(26)10(20)13(14)29-5-4-7(6-29)15(27)18(21,22)19(23,24)25/h7-8,10,13,15H,2-6,26-27H2,1H3,(H,28,31,32). The number of nitrogens with two attached hydrogens (primary N) is 2. The zero-order chi connectivity index (χ0) is 24.5. The van der Waals surface area contributed by atoms with Gasteiger partial charge in [0.25, 0.3) is 5.56 Å². The largest absolute Gasteiger partial charge is 0.497 e. The molecule has 2 aliphatic carbocycles. The quantitative estimate of drug-likeness (QED) is 0.475. The van der Waals surface area contributed by atoms with Gasteiger partial charge in [-0.2, -0.15) is 22.0 Å². The Morgan fingerprint density at radius 1 is 1.15 bits per heavy atom. The molecule has 8 nitrogen and oxygen atoms in total. The number of aromatic amines is 1. The average molecular weight is 483 g/mol. The molecule has 14 heteroatoms. The number of halogens is 6. The number of fused-ring (bicyclic) bond motifs is 1. The van der Waals surface area contributed by atoms with Crippen molar-refractivity contribution in [2.24, 2.45) is 17.4 Å². The maximum atomic E-state index is 15.5. The fourth-order valence-electron chi connectivity index (χ4n) is 4.74. The first kappa shape index (κ1) is 23.7.